The number of hydrogen-bond acceptors (Lipinski definition) is 7. The highest BCUT2D eigenvalue weighted by atomic mass is 16.5. The summed E-state index contributed by atoms with van der Waals surface area (Å²) < 4.78 is 16.6. The molecule has 0 amide bonds. The van der Waals surface area contributed by atoms with Crippen LogP contribution >= 0.6 is 0 Å². The van der Waals surface area contributed by atoms with Crippen molar-refractivity contribution >= 4 is 0 Å². The van der Waals surface area contributed by atoms with Crippen LogP contribution in [0, 0.1) is 0 Å². The maximum atomic E-state index is 5.54. The van der Waals surface area contributed by atoms with Gasteiger partial charge >= 0.3 is 0 Å². The molecule has 0 radical (unpaired) electrons. The average Bonchev–Trinajstić information content (AvgIpc) is 3.09. The largest absolute Gasteiger partial charge is 0.493 e. The molecule has 0 saturated carbocycles. The molecular formula is C37H38N4O3. The summed E-state index contributed by atoms with van der Waals surface area (Å²) >= 11 is 0. The van der Waals surface area contributed by atoms with Gasteiger partial charge in [0.05, 0.1) is 32.7 Å². The minimum Gasteiger partial charge on any atom is -0.493 e. The van der Waals surface area contributed by atoms with Crippen LogP contribution in [-0.4, -0.2) is 67.3 Å². The molecule has 1 saturated heterocycles. The first-order valence-electron chi connectivity index (χ1n) is 14.9. The zero-order valence-corrected chi connectivity index (χ0v) is 25.6. The number of nitrogens with zero attached hydrogens (tertiary/aromatic N) is 4. The average molecular weight is 587 g/mol. The molecule has 0 aliphatic carbocycles. The number of rotatable bonds is 10. The fourth-order valence-corrected chi connectivity index (χ4v) is 5.78. The van der Waals surface area contributed by atoms with Crippen molar-refractivity contribution in [3.05, 3.63) is 115 Å². The second-order valence-corrected chi connectivity index (χ2v) is 11.0. The molecular weight excluding hydrogens is 548 g/mol. The topological polar surface area (TPSA) is 60.0 Å². The molecule has 3 heterocycles. The third-order valence-electron chi connectivity index (χ3n) is 8.17. The van der Waals surface area contributed by atoms with Crippen molar-refractivity contribution in [2.45, 2.75) is 13.1 Å². The molecule has 0 spiro atoms. The minimum absolute atomic E-state index is 0.577. The van der Waals surface area contributed by atoms with Crippen molar-refractivity contribution in [3.63, 3.8) is 0 Å². The lowest BCUT2D eigenvalue weighted by atomic mass is 10.0. The van der Waals surface area contributed by atoms with Gasteiger partial charge in [0.25, 0.3) is 0 Å². The van der Waals surface area contributed by atoms with Gasteiger partial charge < -0.3 is 14.2 Å². The maximum absolute atomic E-state index is 5.54. The highest BCUT2D eigenvalue weighted by Gasteiger charge is 2.19. The molecule has 1 aliphatic heterocycles. The van der Waals surface area contributed by atoms with E-state index in [4.69, 9.17) is 14.2 Å². The summed E-state index contributed by atoms with van der Waals surface area (Å²) in [5.41, 5.74) is 8.92. The molecule has 3 aromatic carbocycles. The summed E-state index contributed by atoms with van der Waals surface area (Å²) in [5.74, 6) is 1.81. The SMILES string of the molecule is COc1cc(-c2cc(CN3CCN(Cc4ccnc(-c5ccc(-c6ccccc6)cc5)c4)CC3)ccn2)cc(OC)c1OC. The van der Waals surface area contributed by atoms with Crippen LogP contribution in [-0.2, 0) is 13.1 Å². The van der Waals surface area contributed by atoms with Gasteiger partial charge in [-0.3, -0.25) is 19.8 Å². The number of methoxy groups -OCH3 is 3. The van der Waals surface area contributed by atoms with Gasteiger partial charge in [-0.1, -0.05) is 54.6 Å². The number of pyridine rings is 2. The Morgan fingerprint density at radius 2 is 1.00 bits per heavy atom. The van der Waals surface area contributed by atoms with Gasteiger partial charge in [-0.25, -0.2) is 0 Å². The van der Waals surface area contributed by atoms with Crippen LogP contribution in [0.5, 0.6) is 17.2 Å². The van der Waals surface area contributed by atoms with E-state index in [9.17, 15) is 0 Å². The Morgan fingerprint density at radius 3 is 1.50 bits per heavy atom. The minimum atomic E-state index is 0.577. The fourth-order valence-electron chi connectivity index (χ4n) is 5.78. The molecule has 0 N–H and O–H groups in total. The van der Waals surface area contributed by atoms with Gasteiger partial charge in [-0.2, -0.15) is 0 Å². The van der Waals surface area contributed by atoms with Gasteiger partial charge in [0.1, 0.15) is 0 Å². The van der Waals surface area contributed by atoms with E-state index in [1.807, 2.05) is 30.6 Å². The monoisotopic (exact) mass is 586 g/mol. The van der Waals surface area contributed by atoms with E-state index in [0.29, 0.717) is 17.2 Å². The Kier molecular flexibility index (Phi) is 9.15. The maximum Gasteiger partial charge on any atom is 0.203 e. The predicted octanol–water partition coefficient (Wildman–Crippen LogP) is 6.82. The zero-order chi connectivity index (χ0) is 30.3. The Bertz CT molecular complexity index is 1660. The molecule has 224 valence electrons. The first kappa shape index (κ1) is 29.4. The van der Waals surface area contributed by atoms with Crippen molar-refractivity contribution < 1.29 is 14.2 Å². The number of hydrogen-bond donors (Lipinski definition) is 0. The number of benzene rings is 3. The Morgan fingerprint density at radius 1 is 0.523 bits per heavy atom. The van der Waals surface area contributed by atoms with E-state index in [-0.39, 0.29) is 0 Å². The van der Waals surface area contributed by atoms with E-state index < -0.39 is 0 Å². The van der Waals surface area contributed by atoms with Crippen LogP contribution in [0.3, 0.4) is 0 Å². The van der Waals surface area contributed by atoms with E-state index in [0.717, 1.165) is 61.8 Å². The molecule has 7 heteroatoms. The third kappa shape index (κ3) is 6.75. The lowest BCUT2D eigenvalue weighted by molar-refractivity contribution is 0.122. The van der Waals surface area contributed by atoms with Gasteiger partial charge in [0.2, 0.25) is 5.75 Å². The quantitative estimate of drug-likeness (QED) is 0.178. The van der Waals surface area contributed by atoms with E-state index in [1.54, 1.807) is 21.3 Å². The molecule has 0 bridgehead atoms. The van der Waals surface area contributed by atoms with Crippen LogP contribution in [0.25, 0.3) is 33.6 Å². The van der Waals surface area contributed by atoms with E-state index >= 15 is 0 Å². The van der Waals surface area contributed by atoms with Gasteiger partial charge in [0, 0.05) is 62.8 Å². The highest BCUT2D eigenvalue weighted by Crippen LogP contribution is 2.41. The highest BCUT2D eigenvalue weighted by molar-refractivity contribution is 5.70. The number of ether oxygens (including phenoxy) is 3. The Hall–Kier alpha value is -4.72. The van der Waals surface area contributed by atoms with Gasteiger partial charge in [-0.05, 0) is 58.7 Å². The smallest absolute Gasteiger partial charge is 0.203 e. The summed E-state index contributed by atoms with van der Waals surface area (Å²) in [5, 5.41) is 0. The lowest BCUT2D eigenvalue weighted by Crippen LogP contribution is -2.45. The van der Waals surface area contributed by atoms with Crippen LogP contribution in [0.15, 0.2) is 103 Å². The van der Waals surface area contributed by atoms with Crippen molar-refractivity contribution in [2.75, 3.05) is 47.5 Å². The third-order valence-corrected chi connectivity index (χ3v) is 8.17. The van der Waals surface area contributed by atoms with Gasteiger partial charge in [0.15, 0.2) is 11.5 Å². The molecule has 5 aromatic rings. The van der Waals surface area contributed by atoms with Crippen LogP contribution < -0.4 is 14.2 Å². The lowest BCUT2D eigenvalue weighted by Gasteiger charge is -2.34. The molecule has 1 aliphatic rings. The molecule has 2 aromatic heterocycles. The first-order chi connectivity index (χ1) is 21.6. The van der Waals surface area contributed by atoms with E-state index in [1.165, 1.54) is 22.3 Å². The first-order valence-corrected chi connectivity index (χ1v) is 14.9. The standard InChI is InChI=1S/C37H38N4O3/c1-42-35-23-32(24-36(43-2)37(35)44-3)34-22-28(14-16-39-34)26-41-19-17-40(18-20-41)25-27-13-15-38-33(21-27)31-11-9-30(10-12-31)29-7-5-4-6-8-29/h4-16,21-24H,17-20,25-26H2,1-3H3. The van der Waals surface area contributed by atoms with Crippen LogP contribution in [0.4, 0.5) is 0 Å². The molecule has 7 nitrogen and oxygen atoms in total. The summed E-state index contributed by atoms with van der Waals surface area (Å²) in [6, 6.07) is 31.6. The summed E-state index contributed by atoms with van der Waals surface area (Å²) in [6.07, 6.45) is 3.81. The van der Waals surface area contributed by atoms with Gasteiger partial charge in [-0.15, -0.1) is 0 Å². The Labute approximate surface area is 259 Å². The molecule has 0 atom stereocenters. The molecule has 44 heavy (non-hydrogen) atoms. The number of piperazine rings is 1. The van der Waals surface area contributed by atoms with Crippen molar-refractivity contribution in [1.29, 1.82) is 0 Å². The van der Waals surface area contributed by atoms with Crippen LogP contribution in [0.2, 0.25) is 0 Å². The fraction of sp³-hybridized carbons (Fsp3) is 0.243. The zero-order valence-electron chi connectivity index (χ0n) is 25.6. The van der Waals surface area contributed by atoms with Crippen molar-refractivity contribution in [3.8, 4) is 50.9 Å². The normalized spacial score (nSPS) is 13.9. The number of aromatic nitrogens is 2. The summed E-state index contributed by atoms with van der Waals surface area (Å²) in [7, 11) is 4.87. The Balaban J connectivity index is 1.06. The van der Waals surface area contributed by atoms with Crippen molar-refractivity contribution in [2.24, 2.45) is 0 Å². The second kappa shape index (κ2) is 13.7. The second-order valence-electron chi connectivity index (χ2n) is 11.0. The predicted molar refractivity (Wildman–Crippen MR) is 175 cm³/mol. The van der Waals surface area contributed by atoms with E-state index in [2.05, 4.69) is 92.6 Å². The van der Waals surface area contributed by atoms with Crippen LogP contribution in [0.1, 0.15) is 11.1 Å². The summed E-state index contributed by atoms with van der Waals surface area (Å²) in [4.78, 5) is 14.3. The van der Waals surface area contributed by atoms with Crippen molar-refractivity contribution in [1.82, 2.24) is 19.8 Å². The molecule has 0 unspecified atom stereocenters. The summed E-state index contributed by atoms with van der Waals surface area (Å²) in [6.45, 7) is 5.88. The molecule has 6 rings (SSSR count). The molecule has 1 fully saturated rings.